The molecule has 2 aliphatic rings. The van der Waals surface area contributed by atoms with Crippen molar-refractivity contribution < 1.29 is 19.1 Å². The summed E-state index contributed by atoms with van der Waals surface area (Å²) >= 11 is 8.33. The fraction of sp³-hybridized carbons (Fsp3) is 0.636. The molecule has 1 atom stereocenters. The smallest absolute Gasteiger partial charge is 0.410 e. The summed E-state index contributed by atoms with van der Waals surface area (Å²) in [6.45, 7) is 11.8. The Labute approximate surface area is 208 Å². The lowest BCUT2D eigenvalue weighted by Crippen LogP contribution is -2.65. The maximum absolute atomic E-state index is 13.0. The molecular formula is C22H32ClIN4O4. The molecule has 1 aromatic rings. The lowest BCUT2D eigenvalue weighted by atomic mass is 10.1. The number of hydrogen-bond donors (Lipinski definition) is 1. The molecule has 1 unspecified atom stereocenters. The van der Waals surface area contributed by atoms with Gasteiger partial charge in [0.2, 0.25) is 5.91 Å². The summed E-state index contributed by atoms with van der Waals surface area (Å²) in [5.41, 5.74) is 0.269. The summed E-state index contributed by atoms with van der Waals surface area (Å²) in [5.74, 6) is 0.667. The number of hydrogen-bond acceptors (Lipinski definition) is 6. The minimum atomic E-state index is -0.479. The van der Waals surface area contributed by atoms with Gasteiger partial charge in [-0.2, -0.15) is 0 Å². The number of anilines is 1. The molecule has 1 N–H and O–H groups in total. The van der Waals surface area contributed by atoms with E-state index in [0.717, 1.165) is 22.3 Å². The molecule has 0 bridgehead atoms. The van der Waals surface area contributed by atoms with E-state index in [4.69, 9.17) is 21.1 Å². The quantitative estimate of drug-likeness (QED) is 0.539. The predicted molar refractivity (Wildman–Crippen MR) is 134 cm³/mol. The maximum atomic E-state index is 13.0. The van der Waals surface area contributed by atoms with E-state index in [0.29, 0.717) is 43.0 Å². The average Bonchev–Trinajstić information content (AvgIpc) is 2.68. The Morgan fingerprint density at radius 2 is 1.78 bits per heavy atom. The molecule has 10 heteroatoms. The number of methoxy groups -OCH3 is 1. The highest BCUT2D eigenvalue weighted by atomic mass is 127. The first-order chi connectivity index (χ1) is 15.0. The van der Waals surface area contributed by atoms with E-state index in [2.05, 4.69) is 32.8 Å². The van der Waals surface area contributed by atoms with E-state index < -0.39 is 11.6 Å². The summed E-state index contributed by atoms with van der Waals surface area (Å²) in [6, 6.07) is 3.58. The van der Waals surface area contributed by atoms with Crippen molar-refractivity contribution in [3.05, 3.63) is 20.7 Å². The molecule has 0 aromatic heterocycles. The second-order valence-electron chi connectivity index (χ2n) is 9.23. The lowest BCUT2D eigenvalue weighted by Gasteiger charge is -2.48. The van der Waals surface area contributed by atoms with Gasteiger partial charge in [0.25, 0.3) is 0 Å². The molecule has 0 saturated carbocycles. The number of amides is 2. The van der Waals surface area contributed by atoms with Crippen molar-refractivity contribution in [2.45, 2.75) is 45.4 Å². The summed E-state index contributed by atoms with van der Waals surface area (Å²) in [5, 5.41) is 3.88. The third-order valence-corrected chi connectivity index (χ3v) is 7.17. The number of benzene rings is 1. The van der Waals surface area contributed by atoms with E-state index in [9.17, 15) is 9.59 Å². The summed E-state index contributed by atoms with van der Waals surface area (Å²) in [6.07, 6.45) is -0.255. The van der Waals surface area contributed by atoms with Crippen molar-refractivity contribution in [1.82, 2.24) is 14.7 Å². The predicted octanol–water partition coefficient (Wildman–Crippen LogP) is 3.52. The van der Waals surface area contributed by atoms with Gasteiger partial charge in [0, 0.05) is 54.9 Å². The van der Waals surface area contributed by atoms with Gasteiger partial charge in [-0.3, -0.25) is 9.69 Å². The van der Waals surface area contributed by atoms with Gasteiger partial charge >= 0.3 is 6.09 Å². The van der Waals surface area contributed by atoms with Crippen LogP contribution in [0.3, 0.4) is 0 Å². The monoisotopic (exact) mass is 578 g/mol. The van der Waals surface area contributed by atoms with Crippen LogP contribution in [0.1, 0.15) is 27.7 Å². The molecule has 2 amide bonds. The van der Waals surface area contributed by atoms with Gasteiger partial charge in [0.15, 0.2) is 0 Å². The van der Waals surface area contributed by atoms with Crippen molar-refractivity contribution in [2.24, 2.45) is 0 Å². The lowest BCUT2D eigenvalue weighted by molar-refractivity contribution is -0.134. The minimum absolute atomic E-state index is 0.0562. The highest BCUT2D eigenvalue weighted by Gasteiger charge is 2.38. The van der Waals surface area contributed by atoms with Crippen LogP contribution in [-0.2, 0) is 9.53 Å². The molecule has 178 valence electrons. The fourth-order valence-corrected chi connectivity index (χ4v) is 4.47. The Kier molecular flexibility index (Phi) is 8.03. The molecule has 0 radical (unpaired) electrons. The van der Waals surface area contributed by atoms with Crippen LogP contribution >= 0.6 is 34.2 Å². The molecule has 2 heterocycles. The highest BCUT2D eigenvalue weighted by molar-refractivity contribution is 14.1. The van der Waals surface area contributed by atoms with E-state index >= 15 is 0 Å². The number of carbonyl (C=O) groups is 2. The van der Waals surface area contributed by atoms with Crippen LogP contribution in [0.2, 0.25) is 5.02 Å². The van der Waals surface area contributed by atoms with Gasteiger partial charge in [-0.1, -0.05) is 11.6 Å². The van der Waals surface area contributed by atoms with Crippen LogP contribution in [0.15, 0.2) is 12.1 Å². The SMILES string of the molecule is COc1cc(Cl)c(I)cc1NC(C)C(=O)N1CCN(C2CN(C(=O)OC(C)(C)C)C2)CC1. The van der Waals surface area contributed by atoms with Crippen molar-refractivity contribution in [3.63, 3.8) is 0 Å². The van der Waals surface area contributed by atoms with Crippen LogP contribution in [0.25, 0.3) is 0 Å². The molecule has 1 aromatic carbocycles. The molecule has 0 spiro atoms. The number of rotatable bonds is 5. The number of piperazine rings is 1. The minimum Gasteiger partial charge on any atom is -0.495 e. The van der Waals surface area contributed by atoms with Crippen LogP contribution in [0.4, 0.5) is 10.5 Å². The van der Waals surface area contributed by atoms with Crippen molar-refractivity contribution in [2.75, 3.05) is 51.7 Å². The van der Waals surface area contributed by atoms with Crippen molar-refractivity contribution in [3.8, 4) is 5.75 Å². The van der Waals surface area contributed by atoms with Crippen LogP contribution in [-0.4, -0.2) is 90.8 Å². The third kappa shape index (κ3) is 6.11. The van der Waals surface area contributed by atoms with Crippen LogP contribution < -0.4 is 10.1 Å². The van der Waals surface area contributed by atoms with Crippen LogP contribution in [0.5, 0.6) is 5.75 Å². The second-order valence-corrected chi connectivity index (χ2v) is 10.8. The summed E-state index contributed by atoms with van der Waals surface area (Å²) in [7, 11) is 1.58. The number of nitrogens with one attached hydrogen (secondary N) is 1. The van der Waals surface area contributed by atoms with E-state index in [1.807, 2.05) is 38.7 Å². The molecule has 3 rings (SSSR count). The number of nitrogens with zero attached hydrogens (tertiary/aromatic N) is 3. The van der Waals surface area contributed by atoms with Crippen molar-refractivity contribution in [1.29, 1.82) is 0 Å². The Morgan fingerprint density at radius 3 is 2.34 bits per heavy atom. The zero-order chi connectivity index (χ0) is 23.6. The average molecular weight is 579 g/mol. The van der Waals surface area contributed by atoms with Gasteiger partial charge in [-0.15, -0.1) is 0 Å². The van der Waals surface area contributed by atoms with Crippen molar-refractivity contribution >= 4 is 51.9 Å². The Hall–Kier alpha value is -1.46. The van der Waals surface area contributed by atoms with Gasteiger partial charge in [0.1, 0.15) is 17.4 Å². The number of ether oxygens (including phenoxy) is 2. The molecular weight excluding hydrogens is 547 g/mol. The van der Waals surface area contributed by atoms with E-state index in [-0.39, 0.29) is 12.0 Å². The second kappa shape index (κ2) is 10.2. The molecule has 2 fully saturated rings. The summed E-state index contributed by atoms with van der Waals surface area (Å²) in [4.78, 5) is 31.1. The molecule has 2 aliphatic heterocycles. The van der Waals surface area contributed by atoms with Gasteiger partial charge in [-0.05, 0) is 56.4 Å². The fourth-order valence-electron chi connectivity index (χ4n) is 3.85. The summed E-state index contributed by atoms with van der Waals surface area (Å²) < 4.78 is 11.7. The van der Waals surface area contributed by atoms with E-state index in [1.54, 1.807) is 18.1 Å². The highest BCUT2D eigenvalue weighted by Crippen LogP contribution is 2.32. The zero-order valence-corrected chi connectivity index (χ0v) is 22.2. The first-order valence-electron chi connectivity index (χ1n) is 10.8. The first-order valence-corrected chi connectivity index (χ1v) is 12.2. The van der Waals surface area contributed by atoms with Gasteiger partial charge in [-0.25, -0.2) is 4.79 Å². The number of carbonyl (C=O) groups excluding carboxylic acids is 2. The largest absolute Gasteiger partial charge is 0.495 e. The third-order valence-electron chi connectivity index (χ3n) is 5.64. The van der Waals surface area contributed by atoms with E-state index in [1.165, 1.54) is 0 Å². The standard InChI is InChI=1S/C22H32ClIN4O4/c1-14(25-18-11-17(24)16(23)10-19(18)31-5)20(29)27-8-6-26(7-9-27)15-12-28(13-15)21(30)32-22(2,3)4/h10-11,14-15,25H,6-9,12-13H2,1-5H3. The van der Waals surface area contributed by atoms with Crippen LogP contribution in [0, 0.1) is 3.57 Å². The molecule has 0 aliphatic carbocycles. The van der Waals surface area contributed by atoms with Gasteiger partial charge < -0.3 is 24.6 Å². The van der Waals surface area contributed by atoms with Gasteiger partial charge in [0.05, 0.1) is 17.8 Å². The maximum Gasteiger partial charge on any atom is 0.410 e. The molecule has 32 heavy (non-hydrogen) atoms. The molecule has 8 nitrogen and oxygen atoms in total. The topological polar surface area (TPSA) is 74.4 Å². The number of likely N-dealkylation sites (tertiary alicyclic amines) is 1. The normalized spacial score (nSPS) is 18.7. The first kappa shape index (κ1) is 25.2. The molecule has 2 saturated heterocycles. The Morgan fingerprint density at radius 1 is 1.16 bits per heavy atom. The number of halogens is 2. The zero-order valence-electron chi connectivity index (χ0n) is 19.3. The Bertz CT molecular complexity index is 849. The Balaban J connectivity index is 1.47.